The third-order valence-electron chi connectivity index (χ3n) is 4.69. The molecule has 30 heavy (non-hydrogen) atoms. The molecule has 1 heterocycles. The van der Waals surface area contributed by atoms with Crippen LogP contribution in [0.4, 0.5) is 4.39 Å². The maximum Gasteiger partial charge on any atom is 0.222 e. The van der Waals surface area contributed by atoms with Crippen LogP contribution in [0.2, 0.25) is 0 Å². The predicted molar refractivity (Wildman–Crippen MR) is 117 cm³/mol. The highest BCUT2D eigenvalue weighted by Crippen LogP contribution is 2.34. The van der Waals surface area contributed by atoms with E-state index in [1.54, 1.807) is 23.7 Å². The molecule has 0 bridgehead atoms. The summed E-state index contributed by atoms with van der Waals surface area (Å²) >= 11 is 0. The summed E-state index contributed by atoms with van der Waals surface area (Å²) in [6, 6.07) is 16.0. The van der Waals surface area contributed by atoms with Crippen LogP contribution in [-0.2, 0) is 13.6 Å². The second-order valence-corrected chi connectivity index (χ2v) is 8.11. The SMILES string of the molecule is CC(C)CN(Cc1c(-c2ccccc2)nn(C)c1Oc1ccc(F)cc1)CC(C)O. The molecule has 3 aromatic rings. The molecule has 0 aliphatic heterocycles. The van der Waals surface area contributed by atoms with Crippen LogP contribution in [0.5, 0.6) is 11.6 Å². The monoisotopic (exact) mass is 411 g/mol. The highest BCUT2D eigenvalue weighted by atomic mass is 19.1. The van der Waals surface area contributed by atoms with Crippen molar-refractivity contribution in [3.8, 4) is 22.9 Å². The highest BCUT2D eigenvalue weighted by molar-refractivity contribution is 5.65. The average molecular weight is 412 g/mol. The summed E-state index contributed by atoms with van der Waals surface area (Å²) in [6.45, 7) is 8.09. The first-order chi connectivity index (χ1) is 14.3. The van der Waals surface area contributed by atoms with Gasteiger partial charge in [0.2, 0.25) is 5.88 Å². The molecule has 1 aromatic heterocycles. The highest BCUT2D eigenvalue weighted by Gasteiger charge is 2.23. The van der Waals surface area contributed by atoms with Crippen LogP contribution in [0.15, 0.2) is 54.6 Å². The minimum atomic E-state index is -0.443. The number of nitrogens with zero attached hydrogens (tertiary/aromatic N) is 3. The summed E-state index contributed by atoms with van der Waals surface area (Å²) in [5, 5.41) is 14.7. The first-order valence-corrected chi connectivity index (χ1v) is 10.3. The van der Waals surface area contributed by atoms with Gasteiger partial charge >= 0.3 is 0 Å². The Kier molecular flexibility index (Phi) is 7.24. The van der Waals surface area contributed by atoms with Crippen LogP contribution in [0.25, 0.3) is 11.3 Å². The van der Waals surface area contributed by atoms with Crippen molar-refractivity contribution in [1.29, 1.82) is 0 Å². The van der Waals surface area contributed by atoms with Gasteiger partial charge < -0.3 is 9.84 Å². The van der Waals surface area contributed by atoms with Crippen LogP contribution in [0, 0.1) is 11.7 Å². The van der Waals surface area contributed by atoms with Gasteiger partial charge in [0.1, 0.15) is 17.3 Å². The number of halogens is 1. The van der Waals surface area contributed by atoms with E-state index in [4.69, 9.17) is 9.84 Å². The van der Waals surface area contributed by atoms with Crippen LogP contribution < -0.4 is 4.74 Å². The number of rotatable bonds is 9. The molecule has 0 amide bonds. The van der Waals surface area contributed by atoms with E-state index in [9.17, 15) is 9.50 Å². The Morgan fingerprint density at radius 2 is 1.70 bits per heavy atom. The Hall–Kier alpha value is -2.70. The molecular formula is C24H30FN3O2. The van der Waals surface area contributed by atoms with Crippen molar-refractivity contribution in [1.82, 2.24) is 14.7 Å². The molecule has 6 heteroatoms. The first-order valence-electron chi connectivity index (χ1n) is 10.3. The summed E-state index contributed by atoms with van der Waals surface area (Å²) in [7, 11) is 1.84. The summed E-state index contributed by atoms with van der Waals surface area (Å²) in [6.07, 6.45) is -0.443. The number of aryl methyl sites for hydroxylation is 1. The summed E-state index contributed by atoms with van der Waals surface area (Å²) < 4.78 is 21.2. The molecule has 0 saturated carbocycles. The van der Waals surface area contributed by atoms with E-state index in [1.165, 1.54) is 12.1 Å². The fourth-order valence-corrected chi connectivity index (χ4v) is 3.58. The molecule has 0 radical (unpaired) electrons. The molecule has 0 aliphatic rings. The Labute approximate surface area is 177 Å². The average Bonchev–Trinajstić information content (AvgIpc) is 2.99. The number of hydrogen-bond donors (Lipinski definition) is 1. The normalized spacial score (nSPS) is 12.5. The van der Waals surface area contributed by atoms with Gasteiger partial charge in [-0.25, -0.2) is 9.07 Å². The standard InChI is InChI=1S/C24H30FN3O2/c1-17(2)14-28(15-18(3)29)16-22-23(19-8-6-5-7-9-19)26-27(4)24(22)30-21-12-10-20(25)11-13-21/h5-13,17-18,29H,14-16H2,1-4H3. The van der Waals surface area contributed by atoms with E-state index in [0.29, 0.717) is 30.6 Å². The lowest BCUT2D eigenvalue weighted by molar-refractivity contribution is 0.114. The first kappa shape index (κ1) is 22.0. The lowest BCUT2D eigenvalue weighted by Crippen LogP contribution is -2.33. The maximum atomic E-state index is 13.3. The van der Waals surface area contributed by atoms with Crippen molar-refractivity contribution in [2.75, 3.05) is 13.1 Å². The van der Waals surface area contributed by atoms with Gasteiger partial charge in [-0.3, -0.25) is 4.90 Å². The number of aliphatic hydroxyl groups is 1. The van der Waals surface area contributed by atoms with Crippen molar-refractivity contribution >= 4 is 0 Å². The topological polar surface area (TPSA) is 50.5 Å². The third-order valence-corrected chi connectivity index (χ3v) is 4.69. The molecule has 1 N–H and O–H groups in total. The van der Waals surface area contributed by atoms with E-state index in [0.717, 1.165) is 23.4 Å². The lowest BCUT2D eigenvalue weighted by atomic mass is 10.1. The molecule has 160 valence electrons. The summed E-state index contributed by atoms with van der Waals surface area (Å²) in [5.41, 5.74) is 2.78. The van der Waals surface area contributed by atoms with Gasteiger partial charge in [-0.1, -0.05) is 44.2 Å². The van der Waals surface area contributed by atoms with Gasteiger partial charge in [0.05, 0.1) is 11.7 Å². The van der Waals surface area contributed by atoms with E-state index in [2.05, 4.69) is 18.7 Å². The Bertz CT molecular complexity index is 927. The fraction of sp³-hybridized carbons (Fsp3) is 0.375. The van der Waals surface area contributed by atoms with E-state index in [-0.39, 0.29) is 5.82 Å². The zero-order chi connectivity index (χ0) is 21.7. The number of hydrogen-bond acceptors (Lipinski definition) is 4. The molecule has 1 unspecified atom stereocenters. The van der Waals surface area contributed by atoms with Crippen molar-refractivity contribution in [2.24, 2.45) is 13.0 Å². The number of benzene rings is 2. The molecule has 0 fully saturated rings. The molecule has 0 saturated heterocycles. The van der Waals surface area contributed by atoms with Crippen molar-refractivity contribution < 1.29 is 14.2 Å². The molecule has 0 spiro atoms. The Morgan fingerprint density at radius 3 is 2.30 bits per heavy atom. The second kappa shape index (κ2) is 9.87. The molecule has 5 nitrogen and oxygen atoms in total. The van der Waals surface area contributed by atoms with Gasteiger partial charge in [-0.2, -0.15) is 5.10 Å². The summed E-state index contributed by atoms with van der Waals surface area (Å²) in [5.74, 6) is 1.30. The number of aromatic nitrogens is 2. The van der Waals surface area contributed by atoms with Gasteiger partial charge in [0, 0.05) is 32.2 Å². The molecule has 0 aliphatic carbocycles. The molecular weight excluding hydrogens is 381 g/mol. The number of aliphatic hydroxyl groups excluding tert-OH is 1. The smallest absolute Gasteiger partial charge is 0.222 e. The molecule has 1 atom stereocenters. The van der Waals surface area contributed by atoms with Crippen molar-refractivity contribution in [2.45, 2.75) is 33.4 Å². The molecule has 2 aromatic carbocycles. The zero-order valence-electron chi connectivity index (χ0n) is 18.0. The van der Waals surface area contributed by atoms with Crippen LogP contribution in [-0.4, -0.2) is 39.0 Å². The Morgan fingerprint density at radius 1 is 1.03 bits per heavy atom. The minimum absolute atomic E-state index is 0.308. The van der Waals surface area contributed by atoms with Crippen molar-refractivity contribution in [3.05, 3.63) is 66.0 Å². The quantitative estimate of drug-likeness (QED) is 0.546. The zero-order valence-corrected chi connectivity index (χ0v) is 18.0. The largest absolute Gasteiger partial charge is 0.439 e. The van der Waals surface area contributed by atoms with Gasteiger partial charge in [-0.15, -0.1) is 0 Å². The lowest BCUT2D eigenvalue weighted by Gasteiger charge is -2.26. The van der Waals surface area contributed by atoms with Crippen LogP contribution >= 0.6 is 0 Å². The fourth-order valence-electron chi connectivity index (χ4n) is 3.58. The predicted octanol–water partition coefficient (Wildman–Crippen LogP) is 4.86. The van der Waals surface area contributed by atoms with E-state index in [1.807, 2.05) is 37.4 Å². The third kappa shape index (κ3) is 5.68. The van der Waals surface area contributed by atoms with Crippen molar-refractivity contribution in [3.63, 3.8) is 0 Å². The van der Waals surface area contributed by atoms with Crippen LogP contribution in [0.3, 0.4) is 0 Å². The maximum absolute atomic E-state index is 13.3. The van der Waals surface area contributed by atoms with Crippen LogP contribution in [0.1, 0.15) is 26.3 Å². The molecule has 3 rings (SSSR count). The van der Waals surface area contributed by atoms with E-state index >= 15 is 0 Å². The number of ether oxygens (including phenoxy) is 1. The van der Waals surface area contributed by atoms with Gasteiger partial charge in [0.15, 0.2) is 0 Å². The van der Waals surface area contributed by atoms with E-state index < -0.39 is 6.10 Å². The Balaban J connectivity index is 2.02. The van der Waals surface area contributed by atoms with Gasteiger partial charge in [-0.05, 0) is 37.1 Å². The second-order valence-electron chi connectivity index (χ2n) is 8.11. The van der Waals surface area contributed by atoms with Gasteiger partial charge in [0.25, 0.3) is 0 Å². The summed E-state index contributed by atoms with van der Waals surface area (Å²) in [4.78, 5) is 2.22. The minimum Gasteiger partial charge on any atom is -0.439 e.